The summed E-state index contributed by atoms with van der Waals surface area (Å²) in [6.45, 7) is 2.48. The van der Waals surface area contributed by atoms with Gasteiger partial charge in [-0.25, -0.2) is 4.39 Å². The Labute approximate surface area is 114 Å². The van der Waals surface area contributed by atoms with Crippen molar-refractivity contribution < 1.29 is 9.18 Å². The molecule has 0 saturated heterocycles. The minimum atomic E-state index is -0.518. The summed E-state index contributed by atoms with van der Waals surface area (Å²) >= 11 is 8.80. The predicted octanol–water partition coefficient (Wildman–Crippen LogP) is 3.58. The lowest BCUT2D eigenvalue weighted by atomic mass is 10.1. The summed E-state index contributed by atoms with van der Waals surface area (Å²) < 4.78 is 14.1. The topological polar surface area (TPSA) is 29.1 Å². The summed E-state index contributed by atoms with van der Waals surface area (Å²) in [6, 6.07) is 4.29. The van der Waals surface area contributed by atoms with Gasteiger partial charge in [-0.15, -0.1) is 11.6 Å². The lowest BCUT2D eigenvalue weighted by molar-refractivity contribution is 0.0943. The minimum Gasteiger partial charge on any atom is -0.352 e. The van der Waals surface area contributed by atoms with Gasteiger partial charge in [0, 0.05) is 16.9 Å². The van der Waals surface area contributed by atoms with Crippen molar-refractivity contribution >= 4 is 33.4 Å². The number of benzene rings is 1. The molecule has 0 heterocycles. The van der Waals surface area contributed by atoms with Crippen molar-refractivity contribution in [3.05, 3.63) is 34.1 Å². The Hall–Kier alpha value is -0.610. The van der Waals surface area contributed by atoms with Gasteiger partial charge < -0.3 is 5.32 Å². The van der Waals surface area contributed by atoms with E-state index >= 15 is 0 Å². The number of hydrogen-bond donors (Lipinski definition) is 1. The van der Waals surface area contributed by atoms with Crippen LogP contribution in [0.15, 0.2) is 22.7 Å². The number of carbonyl (C=O) groups is 1. The molecule has 1 aromatic carbocycles. The third-order valence-electron chi connectivity index (χ3n) is 2.39. The molecule has 17 heavy (non-hydrogen) atoms. The lowest BCUT2D eigenvalue weighted by Gasteiger charge is -2.11. The van der Waals surface area contributed by atoms with E-state index < -0.39 is 11.7 Å². The van der Waals surface area contributed by atoms with Crippen LogP contribution in [0.1, 0.15) is 23.7 Å². The van der Waals surface area contributed by atoms with Gasteiger partial charge in [0.2, 0.25) is 0 Å². The van der Waals surface area contributed by atoms with Crippen LogP contribution in [0.2, 0.25) is 0 Å². The third-order valence-corrected chi connectivity index (χ3v) is 3.10. The quantitative estimate of drug-likeness (QED) is 0.825. The number of halogens is 3. The van der Waals surface area contributed by atoms with Crippen LogP contribution in [0.25, 0.3) is 0 Å². The van der Waals surface area contributed by atoms with Gasteiger partial charge in [0.05, 0.1) is 5.56 Å². The van der Waals surface area contributed by atoms with Gasteiger partial charge >= 0.3 is 0 Å². The van der Waals surface area contributed by atoms with E-state index in [-0.39, 0.29) is 11.5 Å². The summed E-state index contributed by atoms with van der Waals surface area (Å²) in [5, 5.41) is 2.69. The Morgan fingerprint density at radius 1 is 1.59 bits per heavy atom. The number of hydrogen-bond acceptors (Lipinski definition) is 1. The smallest absolute Gasteiger partial charge is 0.254 e. The predicted molar refractivity (Wildman–Crippen MR) is 70.9 cm³/mol. The van der Waals surface area contributed by atoms with Crippen molar-refractivity contribution in [3.63, 3.8) is 0 Å². The van der Waals surface area contributed by atoms with Crippen LogP contribution in [0.4, 0.5) is 4.39 Å². The zero-order valence-electron chi connectivity index (χ0n) is 9.47. The summed E-state index contributed by atoms with van der Waals surface area (Å²) in [4.78, 5) is 11.7. The molecule has 0 radical (unpaired) electrons. The Kier molecular flexibility index (Phi) is 5.92. The highest BCUT2D eigenvalue weighted by Gasteiger charge is 2.12. The van der Waals surface area contributed by atoms with E-state index in [1.54, 1.807) is 6.07 Å². The highest BCUT2D eigenvalue weighted by atomic mass is 79.9. The molecular weight excluding hydrogens is 308 g/mol. The Balaban J connectivity index is 2.61. The largest absolute Gasteiger partial charge is 0.352 e. The summed E-state index contributed by atoms with van der Waals surface area (Å²) in [5.41, 5.74) is 0.0532. The average molecular weight is 323 g/mol. The third kappa shape index (κ3) is 4.64. The van der Waals surface area contributed by atoms with Gasteiger partial charge in [-0.3, -0.25) is 4.79 Å². The highest BCUT2D eigenvalue weighted by Crippen LogP contribution is 2.15. The first-order valence-corrected chi connectivity index (χ1v) is 6.66. The van der Waals surface area contributed by atoms with Crippen molar-refractivity contribution in [1.82, 2.24) is 5.32 Å². The normalized spacial score (nSPS) is 12.2. The molecule has 1 unspecified atom stereocenters. The molecule has 94 valence electrons. The fraction of sp³-hybridized carbons (Fsp3) is 0.417. The molecule has 1 N–H and O–H groups in total. The second-order valence-electron chi connectivity index (χ2n) is 3.92. The van der Waals surface area contributed by atoms with Crippen molar-refractivity contribution in [2.75, 3.05) is 12.4 Å². The first-order valence-electron chi connectivity index (χ1n) is 5.33. The maximum atomic E-state index is 13.4. The molecule has 1 aromatic rings. The molecule has 0 aliphatic heterocycles. The maximum absolute atomic E-state index is 13.4. The van der Waals surface area contributed by atoms with Gasteiger partial charge in [-0.05, 0) is 30.5 Å². The van der Waals surface area contributed by atoms with Crippen LogP contribution < -0.4 is 5.32 Å². The second-order valence-corrected chi connectivity index (χ2v) is 5.21. The van der Waals surface area contributed by atoms with Crippen molar-refractivity contribution in [2.45, 2.75) is 13.3 Å². The molecule has 1 amide bonds. The number of carbonyl (C=O) groups excluding carboxylic acids is 1. The fourth-order valence-corrected chi connectivity index (χ4v) is 2.06. The molecule has 1 atom stereocenters. The highest BCUT2D eigenvalue weighted by molar-refractivity contribution is 9.10. The molecule has 0 aromatic heterocycles. The number of rotatable bonds is 5. The van der Waals surface area contributed by atoms with Gasteiger partial charge in [-0.1, -0.05) is 22.9 Å². The zero-order valence-corrected chi connectivity index (χ0v) is 11.8. The van der Waals surface area contributed by atoms with Crippen LogP contribution >= 0.6 is 27.5 Å². The van der Waals surface area contributed by atoms with Crippen LogP contribution in [-0.4, -0.2) is 18.3 Å². The van der Waals surface area contributed by atoms with E-state index in [0.717, 1.165) is 6.42 Å². The zero-order chi connectivity index (χ0) is 12.8. The van der Waals surface area contributed by atoms with Crippen LogP contribution in [-0.2, 0) is 0 Å². The van der Waals surface area contributed by atoms with E-state index in [0.29, 0.717) is 16.9 Å². The first kappa shape index (κ1) is 14.5. The van der Waals surface area contributed by atoms with Crippen LogP contribution in [0.5, 0.6) is 0 Å². The fourth-order valence-electron chi connectivity index (χ4n) is 1.32. The molecule has 0 saturated carbocycles. The standard InChI is InChI=1S/C12H14BrClFNO/c1-8(4-5-14)7-16-12(17)10-6-9(13)2-3-11(10)15/h2-3,6,8H,4-5,7H2,1H3,(H,16,17). The van der Waals surface area contributed by atoms with Crippen molar-refractivity contribution in [3.8, 4) is 0 Å². The average Bonchev–Trinajstić information content (AvgIpc) is 2.29. The Bertz CT molecular complexity index is 400. The molecule has 5 heteroatoms. The van der Waals surface area contributed by atoms with E-state index in [9.17, 15) is 9.18 Å². The number of nitrogens with one attached hydrogen (secondary N) is 1. The van der Waals surface area contributed by atoms with E-state index in [4.69, 9.17) is 11.6 Å². The van der Waals surface area contributed by atoms with Gasteiger partial charge in [0.1, 0.15) is 5.82 Å². The molecular formula is C12H14BrClFNO. The maximum Gasteiger partial charge on any atom is 0.254 e. The molecule has 0 aliphatic rings. The molecule has 1 rings (SSSR count). The van der Waals surface area contributed by atoms with E-state index in [1.807, 2.05) is 6.92 Å². The molecule has 0 fully saturated rings. The van der Waals surface area contributed by atoms with Crippen LogP contribution in [0, 0.1) is 11.7 Å². The molecule has 0 spiro atoms. The van der Waals surface area contributed by atoms with Crippen molar-refractivity contribution in [2.24, 2.45) is 5.92 Å². The summed E-state index contributed by atoms with van der Waals surface area (Å²) in [7, 11) is 0. The Morgan fingerprint density at radius 2 is 2.29 bits per heavy atom. The molecule has 2 nitrogen and oxygen atoms in total. The lowest BCUT2D eigenvalue weighted by Crippen LogP contribution is -2.29. The SMILES string of the molecule is CC(CCCl)CNC(=O)c1cc(Br)ccc1F. The van der Waals surface area contributed by atoms with E-state index in [2.05, 4.69) is 21.2 Å². The molecule has 0 aliphatic carbocycles. The van der Waals surface area contributed by atoms with Gasteiger partial charge in [0.15, 0.2) is 0 Å². The minimum absolute atomic E-state index is 0.0532. The van der Waals surface area contributed by atoms with Crippen LogP contribution in [0.3, 0.4) is 0 Å². The Morgan fingerprint density at radius 3 is 2.94 bits per heavy atom. The summed E-state index contributed by atoms with van der Waals surface area (Å²) in [6.07, 6.45) is 0.822. The number of amides is 1. The van der Waals surface area contributed by atoms with Gasteiger partial charge in [-0.2, -0.15) is 0 Å². The number of alkyl halides is 1. The molecule has 0 bridgehead atoms. The van der Waals surface area contributed by atoms with Gasteiger partial charge in [0.25, 0.3) is 5.91 Å². The monoisotopic (exact) mass is 321 g/mol. The first-order chi connectivity index (χ1) is 8.04. The second kappa shape index (κ2) is 6.97. The summed E-state index contributed by atoms with van der Waals surface area (Å²) in [5.74, 6) is -0.0740. The van der Waals surface area contributed by atoms with Crippen molar-refractivity contribution in [1.29, 1.82) is 0 Å². The van der Waals surface area contributed by atoms with E-state index in [1.165, 1.54) is 12.1 Å².